The summed E-state index contributed by atoms with van der Waals surface area (Å²) >= 11 is 1.79. The summed E-state index contributed by atoms with van der Waals surface area (Å²) in [6, 6.07) is 4.14. The Hall–Kier alpha value is -1.80. The second-order valence-corrected chi connectivity index (χ2v) is 14.1. The first kappa shape index (κ1) is 26.4. The second-order valence-electron chi connectivity index (χ2n) is 12.8. The number of methoxy groups -OCH3 is 1. The zero-order valence-electron chi connectivity index (χ0n) is 22.7. The van der Waals surface area contributed by atoms with E-state index >= 15 is 0 Å². The summed E-state index contributed by atoms with van der Waals surface area (Å²) in [5.41, 5.74) is 0.197. The minimum atomic E-state index is -0.497. The van der Waals surface area contributed by atoms with Crippen molar-refractivity contribution in [3.8, 4) is 0 Å². The highest BCUT2D eigenvalue weighted by atomic mass is 32.2. The molecule has 0 aromatic carbocycles. The molecule has 2 unspecified atom stereocenters. The topological polar surface area (TPSA) is 91.8 Å². The van der Waals surface area contributed by atoms with Gasteiger partial charge in [-0.25, -0.2) is 4.98 Å². The van der Waals surface area contributed by atoms with Gasteiger partial charge in [0, 0.05) is 30.8 Å². The van der Waals surface area contributed by atoms with Crippen molar-refractivity contribution < 1.29 is 19.4 Å². The number of carbonyl (C=O) groups is 2. The molecule has 4 bridgehead atoms. The van der Waals surface area contributed by atoms with Crippen LogP contribution in [0.3, 0.4) is 0 Å². The van der Waals surface area contributed by atoms with E-state index in [0.29, 0.717) is 35.0 Å². The largest absolute Gasteiger partial charge is 0.469 e. The maximum Gasteiger partial charge on any atom is 0.305 e. The Labute approximate surface area is 230 Å². The first-order valence-electron chi connectivity index (χ1n) is 14.9. The van der Waals surface area contributed by atoms with Gasteiger partial charge in [-0.3, -0.25) is 9.59 Å². The molecular weight excluding hydrogens is 498 g/mol. The number of piperidine rings is 1. The maximum atomic E-state index is 13.8. The molecule has 7 rings (SSSR count). The lowest BCUT2D eigenvalue weighted by Crippen LogP contribution is -2.61. The van der Waals surface area contributed by atoms with Gasteiger partial charge >= 0.3 is 5.97 Å². The van der Waals surface area contributed by atoms with Crippen LogP contribution in [0, 0.1) is 23.7 Å². The van der Waals surface area contributed by atoms with Crippen LogP contribution in [0.1, 0.15) is 93.8 Å². The number of hydrogen-bond donors (Lipinski definition) is 2. The first-order valence-corrected chi connectivity index (χ1v) is 15.8. The number of aliphatic hydroxyl groups is 1. The Balaban J connectivity index is 1.21. The molecule has 1 saturated heterocycles. The highest BCUT2D eigenvalue weighted by molar-refractivity contribution is 7.99. The van der Waals surface area contributed by atoms with Crippen LogP contribution >= 0.6 is 11.8 Å². The molecule has 0 radical (unpaired) electrons. The average Bonchev–Trinajstić information content (AvgIpc) is 2.90. The molecule has 38 heavy (non-hydrogen) atoms. The van der Waals surface area contributed by atoms with Gasteiger partial charge in [0.1, 0.15) is 10.8 Å². The first-order chi connectivity index (χ1) is 18.4. The Morgan fingerprint density at radius 1 is 1.11 bits per heavy atom. The zero-order chi connectivity index (χ0) is 26.3. The van der Waals surface area contributed by atoms with Crippen LogP contribution in [0.4, 0.5) is 5.82 Å². The van der Waals surface area contributed by atoms with Crippen molar-refractivity contribution in [2.45, 2.75) is 105 Å². The maximum absolute atomic E-state index is 13.8. The average molecular weight is 542 g/mol. The van der Waals surface area contributed by atoms with Gasteiger partial charge in [0.15, 0.2) is 0 Å². The minimum Gasteiger partial charge on any atom is -0.469 e. The lowest BCUT2D eigenvalue weighted by atomic mass is 9.52. The number of amides is 1. The summed E-state index contributed by atoms with van der Waals surface area (Å²) in [6.07, 6.45) is 13.5. The second kappa shape index (κ2) is 11.0. The zero-order valence-corrected chi connectivity index (χ0v) is 23.5. The number of carbonyl (C=O) groups excluding carboxylic acids is 2. The lowest BCUT2D eigenvalue weighted by Gasteiger charge is -2.58. The van der Waals surface area contributed by atoms with Gasteiger partial charge in [-0.15, -0.1) is 11.8 Å². The molecule has 5 aliphatic carbocycles. The van der Waals surface area contributed by atoms with Crippen molar-refractivity contribution in [2.75, 3.05) is 25.1 Å². The highest BCUT2D eigenvalue weighted by Gasteiger charge is 2.55. The smallest absolute Gasteiger partial charge is 0.305 e. The fraction of sp³-hybridized carbons (Fsp3) is 0.767. The third kappa shape index (κ3) is 5.58. The number of hydrogen-bond acceptors (Lipinski definition) is 7. The standard InChI is InChI=1S/C30H43N3O4S/c1-37-26(34)14-19-6-5-11-33(18-19)25-10-9-24(29(31-25)38-23-7-3-2-4-8-23)28(35)32-27-21-12-20-13-22(27)17-30(36,15-20)16-21/h9-10,19-23,27,36H,2-8,11-18H2,1H3,(H,32,35)/t19-,20?,21?,22?,27-,30-/m0/s1. The molecule has 1 aromatic heterocycles. The van der Waals surface area contributed by atoms with Gasteiger partial charge in [-0.1, -0.05) is 19.3 Å². The summed E-state index contributed by atoms with van der Waals surface area (Å²) in [5, 5.41) is 15.8. The molecule has 1 amide bonds. The number of anilines is 1. The Kier molecular flexibility index (Phi) is 7.64. The number of pyridine rings is 1. The molecule has 1 aliphatic heterocycles. The molecule has 3 atom stereocenters. The Bertz CT molecular complexity index is 1030. The molecule has 5 saturated carbocycles. The van der Waals surface area contributed by atoms with E-state index in [2.05, 4.69) is 10.2 Å². The minimum absolute atomic E-state index is 0.00552. The number of ether oxygens (including phenoxy) is 1. The van der Waals surface area contributed by atoms with Crippen molar-refractivity contribution in [2.24, 2.45) is 23.7 Å². The van der Waals surface area contributed by atoms with Crippen molar-refractivity contribution in [1.29, 1.82) is 0 Å². The number of rotatable bonds is 7. The fourth-order valence-electron chi connectivity index (χ4n) is 8.42. The molecule has 1 aromatic rings. The van der Waals surface area contributed by atoms with E-state index in [1.165, 1.54) is 39.2 Å². The number of nitrogens with zero attached hydrogens (tertiary/aromatic N) is 2. The fourth-order valence-corrected chi connectivity index (χ4v) is 9.73. The molecule has 7 nitrogen and oxygen atoms in total. The highest BCUT2D eigenvalue weighted by Crippen LogP contribution is 2.55. The Morgan fingerprint density at radius 3 is 2.58 bits per heavy atom. The van der Waals surface area contributed by atoms with Gasteiger partial charge < -0.3 is 20.1 Å². The molecule has 8 heteroatoms. The third-order valence-electron chi connectivity index (χ3n) is 9.99. The summed E-state index contributed by atoms with van der Waals surface area (Å²) in [5.74, 6) is 2.41. The summed E-state index contributed by atoms with van der Waals surface area (Å²) in [4.78, 5) is 33.0. The van der Waals surface area contributed by atoms with Crippen LogP contribution in [-0.2, 0) is 9.53 Å². The molecule has 6 fully saturated rings. The van der Waals surface area contributed by atoms with E-state index in [4.69, 9.17) is 9.72 Å². The molecule has 0 spiro atoms. The molecular formula is C30H43N3O4S. The van der Waals surface area contributed by atoms with Crippen LogP contribution in [-0.4, -0.2) is 59.1 Å². The lowest BCUT2D eigenvalue weighted by molar-refractivity contribution is -0.141. The number of thioether (sulfide) groups is 1. The molecule has 6 aliphatic rings. The van der Waals surface area contributed by atoms with Crippen LogP contribution in [0.15, 0.2) is 17.2 Å². The van der Waals surface area contributed by atoms with Crippen LogP contribution in [0.5, 0.6) is 0 Å². The van der Waals surface area contributed by atoms with Crippen molar-refractivity contribution in [1.82, 2.24) is 10.3 Å². The number of aromatic nitrogens is 1. The SMILES string of the molecule is COC(=O)C[C@@H]1CCCN(c2ccc(C(=O)N[C@H]3C4CC5CC3C[C@](O)(C5)C4)c(SC3CCCCC3)n2)C1. The summed E-state index contributed by atoms with van der Waals surface area (Å²) < 4.78 is 4.91. The quantitative estimate of drug-likeness (QED) is 0.472. The van der Waals surface area contributed by atoms with E-state index < -0.39 is 5.60 Å². The molecule has 2 heterocycles. The normalized spacial score (nSPS) is 34.8. The van der Waals surface area contributed by atoms with Crippen molar-refractivity contribution in [3.05, 3.63) is 17.7 Å². The van der Waals surface area contributed by atoms with Gasteiger partial charge in [0.25, 0.3) is 5.91 Å². The van der Waals surface area contributed by atoms with E-state index in [1.54, 1.807) is 11.8 Å². The van der Waals surface area contributed by atoms with Gasteiger partial charge in [0.2, 0.25) is 0 Å². The molecule has 2 N–H and O–H groups in total. The van der Waals surface area contributed by atoms with E-state index in [1.807, 2.05) is 12.1 Å². The van der Waals surface area contributed by atoms with Crippen LogP contribution in [0.2, 0.25) is 0 Å². The van der Waals surface area contributed by atoms with Crippen LogP contribution < -0.4 is 10.2 Å². The number of nitrogens with one attached hydrogen (secondary N) is 1. The van der Waals surface area contributed by atoms with Crippen LogP contribution in [0.25, 0.3) is 0 Å². The Morgan fingerprint density at radius 2 is 1.87 bits per heavy atom. The van der Waals surface area contributed by atoms with Crippen molar-refractivity contribution >= 4 is 29.5 Å². The predicted octanol–water partition coefficient (Wildman–Crippen LogP) is 4.96. The van der Waals surface area contributed by atoms with Gasteiger partial charge in [-0.05, 0) is 93.6 Å². The predicted molar refractivity (Wildman–Crippen MR) is 148 cm³/mol. The third-order valence-corrected chi connectivity index (χ3v) is 11.3. The summed E-state index contributed by atoms with van der Waals surface area (Å²) in [7, 11) is 1.45. The van der Waals surface area contributed by atoms with Crippen molar-refractivity contribution in [3.63, 3.8) is 0 Å². The van der Waals surface area contributed by atoms with E-state index in [-0.39, 0.29) is 23.8 Å². The number of esters is 1. The summed E-state index contributed by atoms with van der Waals surface area (Å²) in [6.45, 7) is 1.70. The van der Waals surface area contributed by atoms with Gasteiger partial charge in [-0.2, -0.15) is 0 Å². The molecule has 208 valence electrons. The van der Waals surface area contributed by atoms with E-state index in [9.17, 15) is 14.7 Å². The van der Waals surface area contributed by atoms with Gasteiger partial charge in [0.05, 0.1) is 18.3 Å². The van der Waals surface area contributed by atoms with E-state index in [0.717, 1.165) is 68.9 Å². The monoisotopic (exact) mass is 541 g/mol.